The molecule has 0 atom stereocenters. The van der Waals surface area contributed by atoms with Crippen LogP contribution < -0.4 is 0 Å². The minimum absolute atomic E-state index is 0.559. The zero-order valence-corrected chi connectivity index (χ0v) is 34.6. The highest BCUT2D eigenvalue weighted by atomic mass is 14.5. The minimum atomic E-state index is -0.559. The van der Waals surface area contributed by atoms with Gasteiger partial charge in [0.05, 0.1) is 5.41 Å². The molecule has 12 aromatic rings. The second-order valence-electron chi connectivity index (χ2n) is 17.1. The summed E-state index contributed by atoms with van der Waals surface area (Å²) in [6.45, 7) is 0. The highest BCUT2D eigenvalue weighted by molar-refractivity contribution is 6.23. The first-order valence-electron chi connectivity index (χ1n) is 22.0. The Hall–Kier alpha value is -8.06. The fourth-order valence-electron chi connectivity index (χ4n) is 11.3. The molecule has 0 radical (unpaired) electrons. The third-order valence-electron chi connectivity index (χ3n) is 13.9. The molecule has 0 aromatic heterocycles. The van der Waals surface area contributed by atoms with E-state index in [1.807, 2.05) is 0 Å². The van der Waals surface area contributed by atoms with Crippen LogP contribution in [0.15, 0.2) is 243 Å². The molecule has 0 saturated carbocycles. The minimum Gasteiger partial charge on any atom is -0.0622 e. The van der Waals surface area contributed by atoms with Gasteiger partial charge in [0.2, 0.25) is 0 Å². The van der Waals surface area contributed by atoms with Gasteiger partial charge in [-0.2, -0.15) is 0 Å². The summed E-state index contributed by atoms with van der Waals surface area (Å²) in [6, 6.07) is 90.5. The van der Waals surface area contributed by atoms with Gasteiger partial charge < -0.3 is 0 Å². The average Bonchev–Trinajstić information content (AvgIpc) is 3.66. The second kappa shape index (κ2) is 14.0. The Morgan fingerprint density at radius 2 is 0.667 bits per heavy atom. The van der Waals surface area contributed by atoms with Gasteiger partial charge in [-0.25, -0.2) is 0 Å². The van der Waals surface area contributed by atoms with Crippen molar-refractivity contribution in [2.75, 3.05) is 0 Å². The lowest BCUT2D eigenvalue weighted by Crippen LogP contribution is -2.28. The zero-order valence-electron chi connectivity index (χ0n) is 34.6. The van der Waals surface area contributed by atoms with Crippen molar-refractivity contribution in [1.82, 2.24) is 0 Å². The van der Waals surface area contributed by atoms with Crippen LogP contribution in [0.1, 0.15) is 22.3 Å². The zero-order chi connectivity index (χ0) is 41.5. The van der Waals surface area contributed by atoms with Gasteiger partial charge in [0.1, 0.15) is 0 Å². The van der Waals surface area contributed by atoms with Crippen LogP contribution in [0, 0.1) is 0 Å². The number of hydrogen-bond donors (Lipinski definition) is 0. The van der Waals surface area contributed by atoms with E-state index in [1.54, 1.807) is 0 Å². The molecular weight excluding hydrogens is 757 g/mol. The molecular formula is C63H40. The van der Waals surface area contributed by atoms with Crippen molar-refractivity contribution < 1.29 is 0 Å². The normalized spacial score (nSPS) is 12.9. The summed E-state index contributed by atoms with van der Waals surface area (Å²) in [4.78, 5) is 0. The SMILES string of the molecule is c1ccc(-c2cccc(-c3c4ccccc4c(-c4ccc5cc6c(cc5c4)C(c4ccccc4)(c4ccccc4)c4c-6c5ccccc5c5ccccc45)c4ccccc34)c2)cc1. The monoisotopic (exact) mass is 796 g/mol. The first-order valence-corrected chi connectivity index (χ1v) is 22.0. The van der Waals surface area contributed by atoms with E-state index in [0.717, 1.165) is 0 Å². The van der Waals surface area contributed by atoms with Crippen LogP contribution >= 0.6 is 0 Å². The van der Waals surface area contributed by atoms with E-state index in [0.29, 0.717) is 0 Å². The largest absolute Gasteiger partial charge is 0.0720 e. The number of fused-ring (bicyclic) bond motifs is 11. The standard InChI is InChI=1S/C63H40/c1-4-19-41(20-5-1)42-21-18-22-44(37-42)59-52-30-13-15-32-54(52)60(55-33-16-14-31-53(55)59)45-36-35-43-39-57-58(40-46(43)38-45)63(47-23-6-2-7-24-47,48-25-8-3-9-26-48)62-56-34-17-11-28-50(56)49-27-10-12-29-51(49)61(57)62/h1-40H. The van der Waals surface area contributed by atoms with E-state index in [1.165, 1.54) is 121 Å². The maximum Gasteiger partial charge on any atom is 0.0720 e. The van der Waals surface area contributed by atoms with Gasteiger partial charge >= 0.3 is 0 Å². The molecule has 0 saturated heterocycles. The van der Waals surface area contributed by atoms with E-state index < -0.39 is 5.41 Å². The summed E-state index contributed by atoms with van der Waals surface area (Å²) in [5.41, 5.74) is 14.7. The Morgan fingerprint density at radius 3 is 1.24 bits per heavy atom. The van der Waals surface area contributed by atoms with Crippen molar-refractivity contribution >= 4 is 53.9 Å². The van der Waals surface area contributed by atoms with E-state index in [9.17, 15) is 0 Å². The van der Waals surface area contributed by atoms with Crippen LogP contribution in [0.2, 0.25) is 0 Å². The average molecular weight is 797 g/mol. The third kappa shape index (κ3) is 5.22. The van der Waals surface area contributed by atoms with Crippen molar-refractivity contribution in [3.05, 3.63) is 265 Å². The van der Waals surface area contributed by atoms with Crippen molar-refractivity contribution in [2.24, 2.45) is 0 Å². The molecule has 0 heterocycles. The van der Waals surface area contributed by atoms with Gasteiger partial charge in [-0.15, -0.1) is 0 Å². The van der Waals surface area contributed by atoms with Crippen LogP contribution in [0.4, 0.5) is 0 Å². The predicted octanol–water partition coefficient (Wildman–Crippen LogP) is 16.8. The molecule has 63 heavy (non-hydrogen) atoms. The van der Waals surface area contributed by atoms with Crippen molar-refractivity contribution in [1.29, 1.82) is 0 Å². The summed E-state index contributed by atoms with van der Waals surface area (Å²) in [5.74, 6) is 0. The van der Waals surface area contributed by atoms with E-state index in [-0.39, 0.29) is 0 Å². The van der Waals surface area contributed by atoms with Gasteiger partial charge in [0.25, 0.3) is 0 Å². The summed E-state index contributed by atoms with van der Waals surface area (Å²) in [7, 11) is 0. The Labute approximate surface area is 367 Å². The third-order valence-corrected chi connectivity index (χ3v) is 13.9. The van der Waals surface area contributed by atoms with Crippen molar-refractivity contribution in [3.63, 3.8) is 0 Å². The quantitative estimate of drug-likeness (QED) is 0.120. The second-order valence-corrected chi connectivity index (χ2v) is 17.1. The molecule has 1 aliphatic carbocycles. The van der Waals surface area contributed by atoms with E-state index >= 15 is 0 Å². The molecule has 0 amide bonds. The molecule has 1 aliphatic rings. The maximum absolute atomic E-state index is 2.53. The summed E-state index contributed by atoms with van der Waals surface area (Å²) >= 11 is 0. The molecule has 12 aromatic carbocycles. The van der Waals surface area contributed by atoms with Crippen LogP contribution in [-0.4, -0.2) is 0 Å². The number of rotatable bonds is 5. The molecule has 292 valence electrons. The number of benzene rings is 12. The highest BCUT2D eigenvalue weighted by Gasteiger charge is 2.48. The topological polar surface area (TPSA) is 0 Å². The van der Waals surface area contributed by atoms with Gasteiger partial charge in [0, 0.05) is 0 Å². The van der Waals surface area contributed by atoms with Crippen molar-refractivity contribution in [3.8, 4) is 44.5 Å². The summed E-state index contributed by atoms with van der Waals surface area (Å²) in [6.07, 6.45) is 0. The molecule has 0 nitrogen and oxygen atoms in total. The predicted molar refractivity (Wildman–Crippen MR) is 268 cm³/mol. The maximum atomic E-state index is 2.53. The fraction of sp³-hybridized carbons (Fsp3) is 0.0159. The first kappa shape index (κ1) is 35.7. The Balaban J connectivity index is 1.10. The molecule has 0 bridgehead atoms. The summed E-state index contributed by atoms with van der Waals surface area (Å²) in [5, 5.41) is 12.7. The van der Waals surface area contributed by atoms with Gasteiger partial charge in [-0.05, 0) is 145 Å². The van der Waals surface area contributed by atoms with Gasteiger partial charge in [-0.3, -0.25) is 0 Å². The molecule has 0 aliphatic heterocycles. The number of hydrogen-bond acceptors (Lipinski definition) is 0. The van der Waals surface area contributed by atoms with Gasteiger partial charge in [0.15, 0.2) is 0 Å². The fourth-order valence-corrected chi connectivity index (χ4v) is 11.3. The molecule has 0 N–H and O–H groups in total. The highest BCUT2D eigenvalue weighted by Crippen LogP contribution is 2.61. The van der Waals surface area contributed by atoms with Crippen LogP contribution in [0.5, 0.6) is 0 Å². The molecule has 13 rings (SSSR count). The van der Waals surface area contributed by atoms with Crippen LogP contribution in [0.25, 0.3) is 98.4 Å². The smallest absolute Gasteiger partial charge is 0.0622 e. The van der Waals surface area contributed by atoms with E-state index in [2.05, 4.69) is 243 Å². The first-order chi connectivity index (χ1) is 31.3. The molecule has 0 fully saturated rings. The molecule has 0 unspecified atom stereocenters. The Kier molecular flexibility index (Phi) is 7.92. The van der Waals surface area contributed by atoms with Gasteiger partial charge in [-0.1, -0.05) is 218 Å². The molecule has 0 heteroatoms. The van der Waals surface area contributed by atoms with E-state index in [4.69, 9.17) is 0 Å². The molecule has 0 spiro atoms. The Morgan fingerprint density at radius 1 is 0.238 bits per heavy atom. The summed E-state index contributed by atoms with van der Waals surface area (Å²) < 4.78 is 0. The lowest BCUT2D eigenvalue weighted by molar-refractivity contribution is 0.777. The van der Waals surface area contributed by atoms with Crippen LogP contribution in [0.3, 0.4) is 0 Å². The van der Waals surface area contributed by atoms with Crippen molar-refractivity contribution in [2.45, 2.75) is 5.41 Å². The Bertz CT molecular complexity index is 3670. The lowest BCUT2D eigenvalue weighted by atomic mass is 9.66. The van der Waals surface area contributed by atoms with Crippen LogP contribution in [-0.2, 0) is 5.41 Å². The lowest BCUT2D eigenvalue weighted by Gasteiger charge is -2.35.